The fraction of sp³-hybridized carbons (Fsp3) is 0. The minimum Gasteiger partial charge on any atom is -0.401 e. The lowest BCUT2D eigenvalue weighted by molar-refractivity contribution is -0.402. The molecule has 94 valence electrons. The Kier molecular flexibility index (Phi) is 3.64. The topological polar surface area (TPSA) is 80.1 Å². The molecule has 0 amide bonds. The van der Waals surface area contributed by atoms with Crippen molar-refractivity contribution in [2.75, 3.05) is 0 Å². The number of nitrogens with zero attached hydrogens (tertiary/aromatic N) is 2. The van der Waals surface area contributed by atoms with Gasteiger partial charge >= 0.3 is 5.88 Å². The van der Waals surface area contributed by atoms with Crippen molar-refractivity contribution in [2.24, 2.45) is 0 Å². The van der Waals surface area contributed by atoms with E-state index >= 15 is 0 Å². The van der Waals surface area contributed by atoms with Gasteiger partial charge < -0.3 is 4.42 Å². The van der Waals surface area contributed by atoms with E-state index in [0.29, 0.717) is 16.2 Å². The number of benzene rings is 1. The molecule has 0 aliphatic rings. The van der Waals surface area contributed by atoms with Gasteiger partial charge in [0.2, 0.25) is 0 Å². The summed E-state index contributed by atoms with van der Waals surface area (Å²) in [5.41, 5.74) is 0.992. The summed E-state index contributed by atoms with van der Waals surface area (Å²) < 4.78 is 4.97. The van der Waals surface area contributed by atoms with Crippen molar-refractivity contribution in [3.8, 4) is 6.07 Å². The zero-order valence-electron chi connectivity index (χ0n) is 9.54. The van der Waals surface area contributed by atoms with Crippen LogP contribution < -0.4 is 0 Å². The summed E-state index contributed by atoms with van der Waals surface area (Å²) in [5, 5.41) is 20.2. The van der Waals surface area contributed by atoms with E-state index in [1.54, 1.807) is 24.3 Å². The fourth-order valence-electron chi connectivity index (χ4n) is 1.47. The molecule has 2 aromatic rings. The summed E-state index contributed by atoms with van der Waals surface area (Å²) in [6, 6.07) is 11.4. The van der Waals surface area contributed by atoms with Crippen LogP contribution in [0.25, 0.3) is 11.6 Å². The third-order valence-corrected chi connectivity index (χ3v) is 2.61. The third-order valence-electron chi connectivity index (χ3n) is 2.35. The van der Waals surface area contributed by atoms with E-state index in [0.717, 1.165) is 0 Å². The Morgan fingerprint density at radius 2 is 2.00 bits per heavy atom. The maximum atomic E-state index is 10.5. The highest BCUT2D eigenvalue weighted by atomic mass is 35.5. The van der Waals surface area contributed by atoms with Crippen molar-refractivity contribution in [3.05, 3.63) is 62.9 Å². The van der Waals surface area contributed by atoms with Crippen LogP contribution in [0.1, 0.15) is 11.3 Å². The van der Waals surface area contributed by atoms with Crippen molar-refractivity contribution in [1.82, 2.24) is 0 Å². The summed E-state index contributed by atoms with van der Waals surface area (Å²) in [7, 11) is 0. The van der Waals surface area contributed by atoms with Gasteiger partial charge in [-0.1, -0.05) is 23.7 Å². The molecule has 0 fully saturated rings. The van der Waals surface area contributed by atoms with Crippen LogP contribution in [-0.4, -0.2) is 4.92 Å². The van der Waals surface area contributed by atoms with Gasteiger partial charge in [0.1, 0.15) is 10.7 Å². The lowest BCUT2D eigenvalue weighted by Gasteiger charge is -1.98. The van der Waals surface area contributed by atoms with Crippen LogP contribution in [0.2, 0.25) is 5.02 Å². The Morgan fingerprint density at radius 3 is 2.53 bits per heavy atom. The molecule has 19 heavy (non-hydrogen) atoms. The molecule has 5 nitrogen and oxygen atoms in total. The number of nitro groups is 1. The minimum absolute atomic E-state index is 0.248. The van der Waals surface area contributed by atoms with E-state index in [-0.39, 0.29) is 11.6 Å². The van der Waals surface area contributed by atoms with Crippen LogP contribution in [0, 0.1) is 21.4 Å². The average molecular weight is 275 g/mol. The maximum absolute atomic E-state index is 10.5. The van der Waals surface area contributed by atoms with Gasteiger partial charge in [-0.25, -0.2) is 0 Å². The fourth-order valence-corrected chi connectivity index (χ4v) is 1.60. The molecule has 1 aromatic carbocycles. The number of furan rings is 1. The summed E-state index contributed by atoms with van der Waals surface area (Å²) in [4.78, 5) is 9.86. The zero-order chi connectivity index (χ0) is 13.8. The largest absolute Gasteiger partial charge is 0.433 e. The Bertz CT molecular complexity index is 681. The lowest BCUT2D eigenvalue weighted by Crippen LogP contribution is -1.83. The molecule has 0 saturated heterocycles. The van der Waals surface area contributed by atoms with E-state index in [9.17, 15) is 10.1 Å². The predicted molar refractivity (Wildman–Crippen MR) is 70.3 cm³/mol. The van der Waals surface area contributed by atoms with Gasteiger partial charge in [0.15, 0.2) is 0 Å². The Balaban J connectivity index is 2.35. The molecule has 0 N–H and O–H groups in total. The van der Waals surface area contributed by atoms with Crippen molar-refractivity contribution in [1.29, 1.82) is 5.26 Å². The predicted octanol–water partition coefficient (Wildman–Crippen LogP) is 3.91. The first-order valence-corrected chi connectivity index (χ1v) is 5.60. The average Bonchev–Trinajstić information content (AvgIpc) is 2.86. The van der Waals surface area contributed by atoms with Gasteiger partial charge in [-0.2, -0.15) is 5.26 Å². The van der Waals surface area contributed by atoms with Crippen molar-refractivity contribution in [2.45, 2.75) is 0 Å². The standard InChI is InChI=1S/C13H7ClN2O3/c14-11-3-1-9(2-4-11)10(8-15)7-12-5-6-13(19-12)16(17)18/h1-7H/b10-7-. The number of allylic oxidation sites excluding steroid dienone is 1. The molecule has 1 aromatic heterocycles. The Hall–Kier alpha value is -2.58. The van der Waals surface area contributed by atoms with Crippen molar-refractivity contribution >= 4 is 29.1 Å². The number of rotatable bonds is 3. The third kappa shape index (κ3) is 3.00. The zero-order valence-corrected chi connectivity index (χ0v) is 10.3. The van der Waals surface area contributed by atoms with Gasteiger partial charge in [0, 0.05) is 5.02 Å². The van der Waals surface area contributed by atoms with Crippen LogP contribution in [0.5, 0.6) is 0 Å². The smallest absolute Gasteiger partial charge is 0.401 e. The highest BCUT2D eigenvalue weighted by molar-refractivity contribution is 6.30. The monoisotopic (exact) mass is 274 g/mol. The molecule has 6 heteroatoms. The number of halogens is 1. The summed E-state index contributed by atoms with van der Waals surface area (Å²) in [6.07, 6.45) is 1.44. The van der Waals surface area contributed by atoms with Crippen LogP contribution in [0.3, 0.4) is 0 Å². The SMILES string of the molecule is N#C/C(=C/c1ccc([N+](=O)[O-])o1)c1ccc(Cl)cc1. The molecule has 2 rings (SSSR count). The molecule has 0 aliphatic carbocycles. The maximum Gasteiger partial charge on any atom is 0.433 e. The number of hydrogen-bond acceptors (Lipinski definition) is 4. The molecule has 1 heterocycles. The molecular formula is C13H7ClN2O3. The molecular weight excluding hydrogens is 268 g/mol. The normalized spacial score (nSPS) is 11.1. The minimum atomic E-state index is -0.633. The van der Waals surface area contributed by atoms with E-state index in [4.69, 9.17) is 21.3 Å². The van der Waals surface area contributed by atoms with Gasteiger partial charge in [-0.15, -0.1) is 0 Å². The van der Waals surface area contributed by atoms with E-state index < -0.39 is 4.92 Å². The highest BCUT2D eigenvalue weighted by Crippen LogP contribution is 2.23. The second kappa shape index (κ2) is 5.38. The molecule has 0 aliphatic heterocycles. The summed E-state index contributed by atoms with van der Waals surface area (Å²) in [6.45, 7) is 0. The second-order valence-electron chi connectivity index (χ2n) is 3.61. The second-order valence-corrected chi connectivity index (χ2v) is 4.05. The summed E-state index contributed by atoms with van der Waals surface area (Å²) >= 11 is 5.76. The van der Waals surface area contributed by atoms with E-state index in [1.165, 1.54) is 18.2 Å². The first-order chi connectivity index (χ1) is 9.10. The van der Waals surface area contributed by atoms with Gasteiger partial charge in [0.25, 0.3) is 0 Å². The van der Waals surface area contributed by atoms with Crippen molar-refractivity contribution < 1.29 is 9.34 Å². The Morgan fingerprint density at radius 1 is 1.32 bits per heavy atom. The molecule has 0 unspecified atom stereocenters. The van der Waals surface area contributed by atoms with Crippen LogP contribution in [0.4, 0.5) is 5.88 Å². The first kappa shape index (κ1) is 12.9. The van der Waals surface area contributed by atoms with Gasteiger partial charge in [0.05, 0.1) is 17.7 Å². The Labute approximate surface area is 113 Å². The highest BCUT2D eigenvalue weighted by Gasteiger charge is 2.11. The quantitative estimate of drug-likeness (QED) is 0.483. The van der Waals surface area contributed by atoms with Gasteiger partial charge in [-0.05, 0) is 29.8 Å². The molecule has 0 saturated carbocycles. The van der Waals surface area contributed by atoms with E-state index in [1.807, 2.05) is 6.07 Å². The lowest BCUT2D eigenvalue weighted by atomic mass is 10.1. The van der Waals surface area contributed by atoms with E-state index in [2.05, 4.69) is 0 Å². The van der Waals surface area contributed by atoms with Gasteiger partial charge in [-0.3, -0.25) is 10.1 Å². The van der Waals surface area contributed by atoms with Crippen LogP contribution in [-0.2, 0) is 0 Å². The molecule has 0 radical (unpaired) electrons. The van der Waals surface area contributed by atoms with Crippen LogP contribution in [0.15, 0.2) is 40.8 Å². The molecule has 0 atom stereocenters. The summed E-state index contributed by atoms with van der Waals surface area (Å²) in [5.74, 6) is -0.113. The number of nitriles is 1. The molecule has 0 bridgehead atoms. The molecule has 0 spiro atoms. The van der Waals surface area contributed by atoms with Crippen LogP contribution >= 0.6 is 11.6 Å². The number of hydrogen-bond donors (Lipinski definition) is 0. The first-order valence-electron chi connectivity index (χ1n) is 5.22. The van der Waals surface area contributed by atoms with Crippen molar-refractivity contribution in [3.63, 3.8) is 0 Å².